The van der Waals surface area contributed by atoms with Gasteiger partial charge in [0.2, 0.25) is 5.95 Å². The Kier molecular flexibility index (Phi) is 5.87. The lowest BCUT2D eigenvalue weighted by Crippen LogP contribution is -2.16. The predicted octanol–water partition coefficient (Wildman–Crippen LogP) is 2.73. The molecule has 3 N–H and O–H groups in total. The van der Waals surface area contributed by atoms with Crippen LogP contribution in [-0.2, 0) is 6.54 Å². The number of aromatic hydroxyl groups is 1. The molecule has 1 atom stereocenters. The van der Waals surface area contributed by atoms with Gasteiger partial charge in [-0.2, -0.15) is 10.4 Å². The van der Waals surface area contributed by atoms with Crippen LogP contribution in [0.5, 0.6) is 5.75 Å². The smallest absolute Gasteiger partial charge is 0.223 e. The molecule has 8 nitrogen and oxygen atoms in total. The molecule has 1 aromatic carbocycles. The molecular formula is C20H22N6O2. The van der Waals surface area contributed by atoms with E-state index in [-0.39, 0.29) is 5.75 Å². The van der Waals surface area contributed by atoms with Gasteiger partial charge in [-0.1, -0.05) is 0 Å². The highest BCUT2D eigenvalue weighted by Gasteiger charge is 2.16. The number of hydrogen-bond acceptors (Lipinski definition) is 7. The standard InChI is InChI=1S/C20H22N6O2/c1-13-8-15(10-16(28)9-13)19-17(12-26(25-19)7-3-5-21)18-4-6-22-20(24-18)23-11-14(2)27/h4,6,8-10,12,14,27-28H,3,7,11H2,1-2H3,(H,22,23,24)/t14-/m0/s1. The third-order valence-electron chi connectivity index (χ3n) is 4.04. The van der Waals surface area contributed by atoms with Gasteiger partial charge >= 0.3 is 0 Å². The van der Waals surface area contributed by atoms with E-state index >= 15 is 0 Å². The minimum Gasteiger partial charge on any atom is -0.508 e. The molecule has 3 aromatic rings. The molecule has 2 heterocycles. The number of nitrogens with zero attached hydrogens (tertiary/aromatic N) is 5. The van der Waals surface area contributed by atoms with E-state index in [2.05, 4.69) is 26.5 Å². The zero-order valence-corrected chi connectivity index (χ0v) is 15.8. The van der Waals surface area contributed by atoms with Crippen LogP contribution in [0.3, 0.4) is 0 Å². The number of nitriles is 1. The summed E-state index contributed by atoms with van der Waals surface area (Å²) in [6, 6.07) is 9.17. The van der Waals surface area contributed by atoms with Gasteiger partial charge in [0, 0.05) is 30.1 Å². The van der Waals surface area contributed by atoms with Gasteiger partial charge in [0.05, 0.1) is 30.8 Å². The molecule has 0 amide bonds. The number of aryl methyl sites for hydroxylation is 2. The summed E-state index contributed by atoms with van der Waals surface area (Å²) in [4.78, 5) is 8.71. The first kappa shape index (κ1) is 19.3. The molecule has 0 bridgehead atoms. The highest BCUT2D eigenvalue weighted by Crippen LogP contribution is 2.32. The summed E-state index contributed by atoms with van der Waals surface area (Å²) in [5.41, 5.74) is 3.76. The van der Waals surface area contributed by atoms with Crippen molar-refractivity contribution in [2.75, 3.05) is 11.9 Å². The van der Waals surface area contributed by atoms with Gasteiger partial charge in [-0.3, -0.25) is 4.68 Å². The molecular weight excluding hydrogens is 356 g/mol. The van der Waals surface area contributed by atoms with E-state index in [9.17, 15) is 10.2 Å². The zero-order chi connectivity index (χ0) is 20.1. The monoisotopic (exact) mass is 378 g/mol. The van der Waals surface area contributed by atoms with Crippen molar-refractivity contribution in [2.24, 2.45) is 0 Å². The normalized spacial score (nSPS) is 11.8. The molecule has 0 aliphatic carbocycles. The van der Waals surface area contributed by atoms with Crippen molar-refractivity contribution in [3.63, 3.8) is 0 Å². The largest absolute Gasteiger partial charge is 0.508 e. The molecule has 0 spiro atoms. The topological polar surface area (TPSA) is 120 Å². The van der Waals surface area contributed by atoms with Gasteiger partial charge in [-0.05, 0) is 43.7 Å². The Bertz CT molecular complexity index is 986. The van der Waals surface area contributed by atoms with Crippen LogP contribution < -0.4 is 5.32 Å². The van der Waals surface area contributed by atoms with Crippen LogP contribution in [0.4, 0.5) is 5.95 Å². The van der Waals surface area contributed by atoms with Crippen LogP contribution in [0.1, 0.15) is 18.9 Å². The third kappa shape index (κ3) is 4.64. The Morgan fingerprint density at radius 2 is 2.14 bits per heavy atom. The molecule has 144 valence electrons. The van der Waals surface area contributed by atoms with E-state index in [1.165, 1.54) is 0 Å². The van der Waals surface area contributed by atoms with Crippen LogP contribution in [0.15, 0.2) is 36.7 Å². The average Bonchev–Trinajstić information content (AvgIpc) is 3.08. The highest BCUT2D eigenvalue weighted by molar-refractivity contribution is 5.79. The summed E-state index contributed by atoms with van der Waals surface area (Å²) in [6.07, 6.45) is 3.29. The molecule has 8 heteroatoms. The SMILES string of the molecule is Cc1cc(O)cc(-c2nn(CCC#N)cc2-c2ccnc(NC[C@H](C)O)n2)c1. The Morgan fingerprint density at radius 3 is 2.86 bits per heavy atom. The average molecular weight is 378 g/mol. The van der Waals surface area contributed by atoms with Crippen LogP contribution in [0.25, 0.3) is 22.5 Å². The van der Waals surface area contributed by atoms with Gasteiger partial charge in [0.1, 0.15) is 11.4 Å². The Labute approximate surface area is 163 Å². The summed E-state index contributed by atoms with van der Waals surface area (Å²) in [5, 5.41) is 35.9. The number of anilines is 1. The van der Waals surface area contributed by atoms with Gasteiger partial charge < -0.3 is 15.5 Å². The first-order chi connectivity index (χ1) is 13.5. The number of hydrogen-bond donors (Lipinski definition) is 3. The second-order valence-corrected chi connectivity index (χ2v) is 6.62. The van der Waals surface area contributed by atoms with Crippen LogP contribution in [0.2, 0.25) is 0 Å². The summed E-state index contributed by atoms with van der Waals surface area (Å²) in [7, 11) is 0. The quantitative estimate of drug-likeness (QED) is 0.578. The van der Waals surface area contributed by atoms with Crippen molar-refractivity contribution >= 4 is 5.95 Å². The van der Waals surface area contributed by atoms with Crippen molar-refractivity contribution in [1.82, 2.24) is 19.7 Å². The van der Waals surface area contributed by atoms with Crippen molar-refractivity contribution in [3.8, 4) is 34.3 Å². The maximum Gasteiger partial charge on any atom is 0.223 e. The lowest BCUT2D eigenvalue weighted by atomic mass is 10.0. The van der Waals surface area contributed by atoms with Crippen molar-refractivity contribution in [3.05, 3.63) is 42.2 Å². The molecule has 0 fully saturated rings. The fourth-order valence-electron chi connectivity index (χ4n) is 2.83. The minimum absolute atomic E-state index is 0.162. The number of benzene rings is 1. The summed E-state index contributed by atoms with van der Waals surface area (Å²) in [5.74, 6) is 0.565. The number of aliphatic hydroxyl groups excluding tert-OH is 1. The second-order valence-electron chi connectivity index (χ2n) is 6.62. The van der Waals surface area contributed by atoms with E-state index in [1.54, 1.807) is 36.0 Å². The van der Waals surface area contributed by atoms with Gasteiger partial charge in [0.25, 0.3) is 0 Å². The molecule has 0 saturated heterocycles. The maximum absolute atomic E-state index is 9.99. The lowest BCUT2D eigenvalue weighted by Gasteiger charge is -2.08. The van der Waals surface area contributed by atoms with Gasteiger partial charge in [-0.25, -0.2) is 9.97 Å². The molecule has 0 aliphatic heterocycles. The molecule has 28 heavy (non-hydrogen) atoms. The van der Waals surface area contributed by atoms with E-state index < -0.39 is 6.10 Å². The van der Waals surface area contributed by atoms with Crippen LogP contribution >= 0.6 is 0 Å². The second kappa shape index (κ2) is 8.50. The molecule has 2 aromatic heterocycles. The van der Waals surface area contributed by atoms with E-state index in [0.717, 1.165) is 16.7 Å². The molecule has 0 saturated carbocycles. The number of phenols is 1. The van der Waals surface area contributed by atoms with Crippen molar-refractivity contribution < 1.29 is 10.2 Å². The lowest BCUT2D eigenvalue weighted by molar-refractivity contribution is 0.208. The summed E-state index contributed by atoms with van der Waals surface area (Å²) in [6.45, 7) is 4.37. The number of aliphatic hydroxyl groups is 1. The fraction of sp³-hybridized carbons (Fsp3) is 0.300. The Balaban J connectivity index is 2.05. The Morgan fingerprint density at radius 1 is 1.32 bits per heavy atom. The molecule has 0 radical (unpaired) electrons. The summed E-state index contributed by atoms with van der Waals surface area (Å²) >= 11 is 0. The van der Waals surface area contributed by atoms with E-state index in [1.807, 2.05) is 19.2 Å². The minimum atomic E-state index is -0.521. The predicted molar refractivity (Wildman–Crippen MR) is 105 cm³/mol. The molecule has 0 unspecified atom stereocenters. The number of nitrogens with one attached hydrogen (secondary N) is 1. The van der Waals surface area contributed by atoms with Gasteiger partial charge in [-0.15, -0.1) is 0 Å². The van der Waals surface area contributed by atoms with E-state index in [0.29, 0.717) is 36.8 Å². The first-order valence-electron chi connectivity index (χ1n) is 8.97. The summed E-state index contributed by atoms with van der Waals surface area (Å²) < 4.78 is 1.71. The first-order valence-corrected chi connectivity index (χ1v) is 8.97. The maximum atomic E-state index is 9.99. The van der Waals surface area contributed by atoms with Crippen LogP contribution in [-0.4, -0.2) is 42.6 Å². The Hall–Kier alpha value is -3.44. The van der Waals surface area contributed by atoms with Crippen molar-refractivity contribution in [2.45, 2.75) is 32.9 Å². The molecule has 3 rings (SSSR count). The van der Waals surface area contributed by atoms with Gasteiger partial charge in [0.15, 0.2) is 0 Å². The fourth-order valence-corrected chi connectivity index (χ4v) is 2.83. The zero-order valence-electron chi connectivity index (χ0n) is 15.8. The van der Waals surface area contributed by atoms with E-state index in [4.69, 9.17) is 5.26 Å². The number of rotatable bonds is 7. The highest BCUT2D eigenvalue weighted by atomic mass is 16.3. The van der Waals surface area contributed by atoms with Crippen LogP contribution in [0, 0.1) is 18.3 Å². The van der Waals surface area contributed by atoms with Crippen molar-refractivity contribution in [1.29, 1.82) is 5.26 Å². The third-order valence-corrected chi connectivity index (χ3v) is 4.04. The molecule has 0 aliphatic rings. The number of aromatic nitrogens is 4. The number of phenolic OH excluding ortho intramolecular Hbond substituents is 1.